The number of benzene rings is 2. The van der Waals surface area contributed by atoms with Crippen LogP contribution in [-0.2, 0) is 14.8 Å². The van der Waals surface area contributed by atoms with Gasteiger partial charge in [0, 0.05) is 17.8 Å². The smallest absolute Gasteiger partial charge is 0.248 e. The van der Waals surface area contributed by atoms with Gasteiger partial charge >= 0.3 is 0 Å². The van der Waals surface area contributed by atoms with Crippen LogP contribution < -0.4 is 24.2 Å². The van der Waals surface area contributed by atoms with E-state index in [0.717, 1.165) is 0 Å². The maximum atomic E-state index is 12.3. The van der Waals surface area contributed by atoms with Crippen LogP contribution in [-0.4, -0.2) is 41.7 Å². The second-order valence-corrected chi connectivity index (χ2v) is 8.45. The first-order chi connectivity index (χ1) is 14.7. The first-order valence-electron chi connectivity index (χ1n) is 9.65. The molecular weight excluding hydrogens is 420 g/mol. The predicted octanol–water partition coefficient (Wildman–Crippen LogP) is 3.44. The minimum Gasteiger partial charge on any atom is -0.493 e. The molecule has 0 saturated carbocycles. The lowest BCUT2D eigenvalue weighted by atomic mass is 10.1. The Labute approximate surface area is 183 Å². The summed E-state index contributed by atoms with van der Waals surface area (Å²) in [6.45, 7) is 3.70. The fourth-order valence-electron chi connectivity index (χ4n) is 2.69. The second-order valence-electron chi connectivity index (χ2n) is 6.74. The first kappa shape index (κ1) is 24.2. The molecule has 2 aromatic rings. The number of amides is 1. The average molecular weight is 449 g/mol. The van der Waals surface area contributed by atoms with Crippen LogP contribution in [0.5, 0.6) is 17.2 Å². The summed E-state index contributed by atoms with van der Waals surface area (Å²) in [5.74, 6) is 1.04. The number of anilines is 1. The van der Waals surface area contributed by atoms with Gasteiger partial charge in [0.2, 0.25) is 21.7 Å². The lowest BCUT2D eigenvalue weighted by Gasteiger charge is -2.13. The molecule has 31 heavy (non-hydrogen) atoms. The minimum atomic E-state index is -3.59. The lowest BCUT2D eigenvalue weighted by molar-refractivity contribution is -0.111. The molecule has 1 atom stereocenters. The zero-order chi connectivity index (χ0) is 23.0. The first-order valence-corrected chi connectivity index (χ1v) is 11.1. The number of sulfonamides is 1. The summed E-state index contributed by atoms with van der Waals surface area (Å²) < 4.78 is 43.1. The van der Waals surface area contributed by atoms with E-state index in [-0.39, 0.29) is 16.8 Å². The van der Waals surface area contributed by atoms with E-state index in [1.165, 1.54) is 51.7 Å². The summed E-state index contributed by atoms with van der Waals surface area (Å²) in [7, 11) is 0.949. The quantitative estimate of drug-likeness (QED) is 0.540. The van der Waals surface area contributed by atoms with Crippen LogP contribution in [0.25, 0.3) is 6.08 Å². The van der Waals surface area contributed by atoms with E-state index in [1.807, 2.05) is 6.92 Å². The van der Waals surface area contributed by atoms with Crippen LogP contribution in [0.15, 0.2) is 47.4 Å². The van der Waals surface area contributed by atoms with Gasteiger partial charge in [-0.1, -0.05) is 6.92 Å². The van der Waals surface area contributed by atoms with Crippen molar-refractivity contribution in [1.29, 1.82) is 0 Å². The lowest BCUT2D eigenvalue weighted by Crippen LogP contribution is -2.31. The predicted molar refractivity (Wildman–Crippen MR) is 120 cm³/mol. The van der Waals surface area contributed by atoms with Crippen molar-refractivity contribution in [2.24, 2.45) is 0 Å². The van der Waals surface area contributed by atoms with Gasteiger partial charge in [0.15, 0.2) is 11.5 Å². The number of nitrogens with one attached hydrogen (secondary N) is 2. The van der Waals surface area contributed by atoms with Crippen LogP contribution in [0, 0.1) is 0 Å². The van der Waals surface area contributed by atoms with Gasteiger partial charge < -0.3 is 19.5 Å². The van der Waals surface area contributed by atoms with Crippen molar-refractivity contribution >= 4 is 27.7 Å². The molecule has 168 valence electrons. The monoisotopic (exact) mass is 448 g/mol. The molecule has 2 N–H and O–H groups in total. The van der Waals surface area contributed by atoms with Gasteiger partial charge in [-0.05, 0) is 61.4 Å². The summed E-state index contributed by atoms with van der Waals surface area (Å²) in [5.41, 5.74) is 1.16. The van der Waals surface area contributed by atoms with Crippen LogP contribution in [0.4, 0.5) is 5.69 Å². The molecule has 0 saturated heterocycles. The highest BCUT2D eigenvalue weighted by Gasteiger charge is 2.16. The van der Waals surface area contributed by atoms with E-state index in [1.54, 1.807) is 25.1 Å². The fraction of sp³-hybridized carbons (Fsp3) is 0.318. The Kier molecular flexibility index (Phi) is 8.47. The van der Waals surface area contributed by atoms with Gasteiger partial charge in [0.05, 0.1) is 26.2 Å². The van der Waals surface area contributed by atoms with Gasteiger partial charge in [-0.3, -0.25) is 4.79 Å². The third-order valence-electron chi connectivity index (χ3n) is 4.52. The highest BCUT2D eigenvalue weighted by molar-refractivity contribution is 7.89. The molecule has 0 aliphatic rings. The van der Waals surface area contributed by atoms with E-state index < -0.39 is 10.0 Å². The standard InChI is InChI=1S/C22H28N2O6S/c1-6-15(2)24-31(26,27)18-10-8-17(9-11-18)23-21(25)12-7-16-13-19(28-3)22(30-5)20(14-16)29-4/h7-15,24H,6H2,1-5H3,(H,23,25)/b12-7+. The molecule has 8 nitrogen and oxygen atoms in total. The van der Waals surface area contributed by atoms with Gasteiger partial charge in [0.1, 0.15) is 0 Å². The van der Waals surface area contributed by atoms with E-state index in [2.05, 4.69) is 10.0 Å². The topological polar surface area (TPSA) is 103 Å². The highest BCUT2D eigenvalue weighted by Crippen LogP contribution is 2.38. The molecule has 0 spiro atoms. The summed E-state index contributed by atoms with van der Waals surface area (Å²) in [6.07, 6.45) is 3.65. The van der Waals surface area contributed by atoms with Crippen molar-refractivity contribution in [2.75, 3.05) is 26.6 Å². The molecule has 0 aromatic heterocycles. The number of methoxy groups -OCH3 is 3. The van der Waals surface area contributed by atoms with Crippen molar-refractivity contribution in [3.05, 3.63) is 48.0 Å². The number of hydrogen-bond donors (Lipinski definition) is 2. The second kappa shape index (κ2) is 10.8. The summed E-state index contributed by atoms with van der Waals surface area (Å²) in [4.78, 5) is 12.4. The summed E-state index contributed by atoms with van der Waals surface area (Å²) in [6, 6.07) is 9.24. The van der Waals surface area contributed by atoms with Crippen molar-refractivity contribution in [1.82, 2.24) is 4.72 Å². The minimum absolute atomic E-state index is 0.138. The Morgan fingerprint density at radius 1 is 1.03 bits per heavy atom. The molecule has 2 rings (SSSR count). The molecule has 0 aliphatic carbocycles. The Morgan fingerprint density at radius 2 is 1.61 bits per heavy atom. The van der Waals surface area contributed by atoms with Crippen LogP contribution in [0.1, 0.15) is 25.8 Å². The zero-order valence-electron chi connectivity index (χ0n) is 18.3. The summed E-state index contributed by atoms with van der Waals surface area (Å²) >= 11 is 0. The van der Waals surface area contributed by atoms with Crippen LogP contribution >= 0.6 is 0 Å². The molecule has 0 fully saturated rings. The largest absolute Gasteiger partial charge is 0.493 e. The van der Waals surface area contributed by atoms with Gasteiger partial charge in [-0.2, -0.15) is 0 Å². The molecule has 2 aromatic carbocycles. The van der Waals surface area contributed by atoms with Crippen molar-refractivity contribution < 1.29 is 27.4 Å². The number of hydrogen-bond acceptors (Lipinski definition) is 6. The molecule has 0 aliphatic heterocycles. The highest BCUT2D eigenvalue weighted by atomic mass is 32.2. The van der Waals surface area contributed by atoms with E-state index in [0.29, 0.717) is 34.9 Å². The van der Waals surface area contributed by atoms with Crippen molar-refractivity contribution in [3.8, 4) is 17.2 Å². The third kappa shape index (κ3) is 6.47. The van der Waals surface area contributed by atoms with E-state index >= 15 is 0 Å². The number of ether oxygens (including phenoxy) is 3. The Hall–Kier alpha value is -3.04. The average Bonchev–Trinajstić information content (AvgIpc) is 2.76. The van der Waals surface area contributed by atoms with Crippen LogP contribution in [0.2, 0.25) is 0 Å². The maximum Gasteiger partial charge on any atom is 0.248 e. The molecule has 1 unspecified atom stereocenters. The molecule has 9 heteroatoms. The van der Waals surface area contributed by atoms with Gasteiger partial charge in [-0.25, -0.2) is 13.1 Å². The normalized spacial score (nSPS) is 12.4. The maximum absolute atomic E-state index is 12.3. The van der Waals surface area contributed by atoms with Crippen LogP contribution in [0.3, 0.4) is 0 Å². The molecule has 0 heterocycles. The van der Waals surface area contributed by atoms with E-state index in [9.17, 15) is 13.2 Å². The van der Waals surface area contributed by atoms with Gasteiger partial charge in [-0.15, -0.1) is 0 Å². The fourth-order valence-corrected chi connectivity index (χ4v) is 4.01. The SMILES string of the molecule is CCC(C)NS(=O)(=O)c1ccc(NC(=O)/C=C/c2cc(OC)c(OC)c(OC)c2)cc1. The van der Waals surface area contributed by atoms with Crippen molar-refractivity contribution in [2.45, 2.75) is 31.2 Å². The van der Waals surface area contributed by atoms with Gasteiger partial charge in [0.25, 0.3) is 0 Å². The number of rotatable bonds is 10. The Bertz CT molecular complexity index is 1010. The number of carbonyl (C=O) groups is 1. The molecule has 1 amide bonds. The Morgan fingerprint density at radius 3 is 2.10 bits per heavy atom. The zero-order valence-corrected chi connectivity index (χ0v) is 19.1. The number of carbonyl (C=O) groups excluding carboxylic acids is 1. The summed E-state index contributed by atoms with van der Waals surface area (Å²) in [5, 5.41) is 2.69. The molecular formula is C22H28N2O6S. The van der Waals surface area contributed by atoms with E-state index in [4.69, 9.17) is 14.2 Å². The molecule has 0 bridgehead atoms. The third-order valence-corrected chi connectivity index (χ3v) is 6.12. The molecule has 0 radical (unpaired) electrons. The van der Waals surface area contributed by atoms with Crippen molar-refractivity contribution in [3.63, 3.8) is 0 Å². The Balaban J connectivity index is 2.10.